The Bertz CT molecular complexity index is 609. The lowest BCUT2D eigenvalue weighted by molar-refractivity contribution is 0.414. The second kappa shape index (κ2) is 10.9. The molecule has 0 radical (unpaired) electrons. The summed E-state index contributed by atoms with van der Waals surface area (Å²) in [6.07, 6.45) is 12.6. The predicted molar refractivity (Wildman–Crippen MR) is 110 cm³/mol. The predicted octanol–water partition coefficient (Wildman–Crippen LogP) is 6.49. The van der Waals surface area contributed by atoms with E-state index in [1.165, 1.54) is 36.8 Å². The molecule has 1 nitrogen and oxygen atoms in total. The van der Waals surface area contributed by atoms with Crippen molar-refractivity contribution in [3.8, 4) is 17.2 Å². The molecule has 0 bridgehead atoms. The topological polar surface area (TPSA) is 9.23 Å². The van der Waals surface area contributed by atoms with E-state index in [0.29, 0.717) is 0 Å². The van der Waals surface area contributed by atoms with Crippen molar-refractivity contribution in [2.24, 2.45) is 0 Å². The van der Waals surface area contributed by atoms with Crippen LogP contribution in [0, 0.1) is 11.5 Å². The van der Waals surface area contributed by atoms with Crippen LogP contribution in [0.1, 0.15) is 44.6 Å². The fraction of sp³-hybridized carbons (Fsp3) is 0.455. The molecule has 0 fully saturated rings. The van der Waals surface area contributed by atoms with Gasteiger partial charge in [-0.2, -0.15) is 0 Å². The van der Waals surface area contributed by atoms with Crippen LogP contribution in [0.4, 0.5) is 0 Å². The van der Waals surface area contributed by atoms with E-state index in [0.717, 1.165) is 12.2 Å². The van der Waals surface area contributed by atoms with E-state index in [9.17, 15) is 0 Å². The maximum Gasteiger partial charge on any atom is 0.129 e. The van der Waals surface area contributed by atoms with E-state index in [2.05, 4.69) is 68.4 Å². The first kappa shape index (κ1) is 20.3. The quantitative estimate of drug-likeness (QED) is 0.227. The number of hydrogen-bond donors (Lipinski definition) is 0. The first-order valence-corrected chi connectivity index (χ1v) is 12.5. The van der Waals surface area contributed by atoms with Gasteiger partial charge >= 0.3 is 0 Å². The average molecular weight is 341 g/mol. The molecule has 0 unspecified atom stereocenters. The van der Waals surface area contributed by atoms with Crippen molar-refractivity contribution in [3.05, 3.63) is 48.1 Å². The minimum Gasteiger partial charge on any atom is -0.497 e. The molecule has 0 aromatic heterocycles. The van der Waals surface area contributed by atoms with E-state index in [1.54, 1.807) is 7.11 Å². The molecule has 0 heterocycles. The maximum absolute atomic E-state index is 5.36. The second-order valence-electron chi connectivity index (χ2n) is 7.09. The summed E-state index contributed by atoms with van der Waals surface area (Å²) in [5.41, 5.74) is 5.87. The van der Waals surface area contributed by atoms with E-state index in [-0.39, 0.29) is 0 Å². The zero-order valence-corrected chi connectivity index (χ0v) is 17.0. The fourth-order valence-electron chi connectivity index (χ4n) is 2.26. The molecular formula is C22H32OSi. The number of hydrogen-bond acceptors (Lipinski definition) is 1. The second-order valence-corrected chi connectivity index (χ2v) is 11.8. The highest BCUT2D eigenvalue weighted by molar-refractivity contribution is 6.83. The van der Waals surface area contributed by atoms with Crippen molar-refractivity contribution in [2.75, 3.05) is 7.11 Å². The van der Waals surface area contributed by atoms with Gasteiger partial charge in [-0.25, -0.2) is 0 Å². The molecule has 0 amide bonds. The molecule has 0 aliphatic heterocycles. The van der Waals surface area contributed by atoms with Crippen LogP contribution in [0.25, 0.3) is 5.57 Å². The highest BCUT2D eigenvalue weighted by Gasteiger charge is 2.07. The number of rotatable bonds is 8. The first-order valence-electron chi connectivity index (χ1n) is 8.97. The Morgan fingerprint density at radius 1 is 1.17 bits per heavy atom. The summed E-state index contributed by atoms with van der Waals surface area (Å²) < 4.78 is 5.36. The third-order valence-electron chi connectivity index (χ3n) is 3.61. The van der Waals surface area contributed by atoms with Gasteiger partial charge in [0.2, 0.25) is 0 Å². The Labute approximate surface area is 149 Å². The van der Waals surface area contributed by atoms with Crippen molar-refractivity contribution < 1.29 is 4.74 Å². The highest BCUT2D eigenvalue weighted by atomic mass is 28.3. The molecule has 130 valence electrons. The molecule has 0 saturated heterocycles. The molecule has 0 N–H and O–H groups in total. The largest absolute Gasteiger partial charge is 0.497 e. The van der Waals surface area contributed by atoms with Gasteiger partial charge in [0.15, 0.2) is 0 Å². The number of unbranched alkanes of at least 4 members (excludes halogenated alkanes) is 3. The van der Waals surface area contributed by atoms with Crippen LogP contribution in [0.2, 0.25) is 19.6 Å². The zero-order chi connectivity index (χ0) is 17.8. The first-order chi connectivity index (χ1) is 11.5. The van der Waals surface area contributed by atoms with Gasteiger partial charge in [0.25, 0.3) is 0 Å². The van der Waals surface area contributed by atoms with E-state index in [4.69, 9.17) is 4.74 Å². The third-order valence-corrected chi connectivity index (χ3v) is 4.51. The number of benzene rings is 1. The van der Waals surface area contributed by atoms with Gasteiger partial charge in [0.05, 0.1) is 7.11 Å². The van der Waals surface area contributed by atoms with Crippen LogP contribution >= 0.6 is 0 Å². The van der Waals surface area contributed by atoms with Crippen LogP contribution in [0.3, 0.4) is 0 Å². The van der Waals surface area contributed by atoms with E-state index in [1.807, 2.05) is 12.1 Å². The summed E-state index contributed by atoms with van der Waals surface area (Å²) in [5.74, 6) is 4.19. The maximum atomic E-state index is 5.36. The van der Waals surface area contributed by atoms with Crippen molar-refractivity contribution in [1.29, 1.82) is 0 Å². The third kappa shape index (κ3) is 8.79. The SMILES string of the molecule is CCCCC/C=C/C/C(=C/C#C[Si](C)(C)C)c1cccc(OC)c1. The molecule has 0 saturated carbocycles. The van der Waals surface area contributed by atoms with Crippen LogP contribution in [-0.4, -0.2) is 15.2 Å². The molecule has 1 aromatic rings. The summed E-state index contributed by atoms with van der Waals surface area (Å²) in [5, 5.41) is 0. The van der Waals surface area contributed by atoms with Gasteiger partial charge in [0.1, 0.15) is 13.8 Å². The molecule has 2 heteroatoms. The molecule has 0 atom stereocenters. The van der Waals surface area contributed by atoms with Gasteiger partial charge < -0.3 is 4.74 Å². The zero-order valence-electron chi connectivity index (χ0n) is 16.0. The van der Waals surface area contributed by atoms with Crippen molar-refractivity contribution in [1.82, 2.24) is 0 Å². The minimum absolute atomic E-state index is 0.892. The van der Waals surface area contributed by atoms with Crippen molar-refractivity contribution in [3.63, 3.8) is 0 Å². The van der Waals surface area contributed by atoms with Crippen LogP contribution in [0.15, 0.2) is 42.5 Å². The summed E-state index contributed by atoms with van der Waals surface area (Å²) in [6.45, 7) is 9.05. The average Bonchev–Trinajstić information content (AvgIpc) is 2.55. The smallest absolute Gasteiger partial charge is 0.129 e. The molecule has 1 aromatic carbocycles. The molecule has 0 aliphatic carbocycles. The Hall–Kier alpha value is -1.72. The lowest BCUT2D eigenvalue weighted by Crippen LogP contribution is -2.16. The molecule has 24 heavy (non-hydrogen) atoms. The van der Waals surface area contributed by atoms with Crippen LogP contribution in [-0.2, 0) is 0 Å². The van der Waals surface area contributed by atoms with E-state index >= 15 is 0 Å². The van der Waals surface area contributed by atoms with Crippen molar-refractivity contribution in [2.45, 2.75) is 58.7 Å². The summed E-state index contributed by atoms with van der Waals surface area (Å²) in [4.78, 5) is 0. The lowest BCUT2D eigenvalue weighted by atomic mass is 10.0. The van der Waals surface area contributed by atoms with Crippen LogP contribution < -0.4 is 4.74 Å². The Balaban J connectivity index is 2.90. The Morgan fingerprint density at radius 2 is 1.96 bits per heavy atom. The van der Waals surface area contributed by atoms with Crippen molar-refractivity contribution >= 4 is 13.6 Å². The molecule has 0 aliphatic rings. The Morgan fingerprint density at radius 3 is 2.62 bits per heavy atom. The standard InChI is InChI=1S/C22H32OSi/c1-6-7-8-9-10-11-14-20(16-13-18-24(3,4)5)21-15-12-17-22(19-21)23-2/h10-12,15-17,19H,6-9,14H2,1-5H3/b11-10+,20-16-. The normalized spacial score (nSPS) is 12.1. The number of ether oxygens (including phenoxy) is 1. The Kier molecular flexibility index (Phi) is 9.26. The van der Waals surface area contributed by atoms with Gasteiger partial charge in [-0.15, -0.1) is 5.54 Å². The van der Waals surface area contributed by atoms with Gasteiger partial charge in [-0.3, -0.25) is 0 Å². The van der Waals surface area contributed by atoms with E-state index < -0.39 is 8.07 Å². The van der Waals surface area contributed by atoms with Crippen LogP contribution in [0.5, 0.6) is 5.75 Å². The molecular weight excluding hydrogens is 308 g/mol. The summed E-state index contributed by atoms with van der Waals surface area (Å²) >= 11 is 0. The van der Waals surface area contributed by atoms with Gasteiger partial charge in [-0.1, -0.05) is 69.6 Å². The minimum atomic E-state index is -1.34. The summed E-state index contributed by atoms with van der Waals surface area (Å²) in [6, 6.07) is 8.25. The molecule has 0 spiro atoms. The van der Waals surface area contributed by atoms with Gasteiger partial charge in [0, 0.05) is 0 Å². The summed E-state index contributed by atoms with van der Waals surface area (Å²) in [7, 11) is 0.365. The number of allylic oxidation sites excluding steroid dienone is 4. The lowest BCUT2D eigenvalue weighted by Gasteiger charge is -2.07. The molecule has 1 rings (SSSR count). The number of methoxy groups -OCH3 is 1. The monoisotopic (exact) mass is 340 g/mol. The van der Waals surface area contributed by atoms with Gasteiger partial charge in [-0.05, 0) is 48.6 Å². The fourth-order valence-corrected chi connectivity index (χ4v) is 2.77. The highest BCUT2D eigenvalue weighted by Crippen LogP contribution is 2.23.